The molecule has 126 valence electrons. The van der Waals surface area contributed by atoms with Gasteiger partial charge in [0.2, 0.25) is 0 Å². The fourth-order valence-electron chi connectivity index (χ4n) is 2.29. The van der Waals surface area contributed by atoms with Crippen molar-refractivity contribution >= 4 is 51.9 Å². The number of amides is 1. The Labute approximate surface area is 153 Å². The van der Waals surface area contributed by atoms with Crippen LogP contribution in [0.4, 0.5) is 10.1 Å². The maximum Gasteiger partial charge on any atom is 0.337 e. The van der Waals surface area contributed by atoms with E-state index in [-0.39, 0.29) is 15.9 Å². The van der Waals surface area contributed by atoms with E-state index in [1.807, 2.05) is 0 Å². The topological polar surface area (TPSA) is 46.6 Å². The Morgan fingerprint density at radius 1 is 1.20 bits per heavy atom. The summed E-state index contributed by atoms with van der Waals surface area (Å²) < 4.78 is 18.9. The molecule has 0 aromatic heterocycles. The number of carbonyl (C=O) groups excluding carboxylic acids is 2. The van der Waals surface area contributed by atoms with Gasteiger partial charge in [0.15, 0.2) is 4.32 Å². The highest BCUT2D eigenvalue weighted by atomic mass is 32.2. The smallest absolute Gasteiger partial charge is 0.337 e. The van der Waals surface area contributed by atoms with Crippen LogP contribution in [0.25, 0.3) is 6.08 Å². The van der Waals surface area contributed by atoms with Gasteiger partial charge in [-0.15, -0.1) is 0 Å². The van der Waals surface area contributed by atoms with Gasteiger partial charge in [-0.2, -0.15) is 0 Å². The highest BCUT2D eigenvalue weighted by molar-refractivity contribution is 8.27. The zero-order valence-corrected chi connectivity index (χ0v) is 14.7. The van der Waals surface area contributed by atoms with Crippen LogP contribution in [-0.4, -0.2) is 23.3 Å². The lowest BCUT2D eigenvalue weighted by Crippen LogP contribution is -2.28. The van der Waals surface area contributed by atoms with Crippen molar-refractivity contribution in [1.29, 1.82) is 0 Å². The average Bonchev–Trinajstić information content (AvgIpc) is 2.89. The van der Waals surface area contributed by atoms with Crippen molar-refractivity contribution in [3.63, 3.8) is 0 Å². The van der Waals surface area contributed by atoms with Crippen LogP contribution >= 0.6 is 24.0 Å². The third-order valence-corrected chi connectivity index (χ3v) is 4.82. The van der Waals surface area contributed by atoms with Crippen LogP contribution in [0, 0.1) is 5.82 Å². The normalized spacial score (nSPS) is 15.8. The van der Waals surface area contributed by atoms with Gasteiger partial charge < -0.3 is 4.74 Å². The van der Waals surface area contributed by atoms with Gasteiger partial charge in [-0.3, -0.25) is 9.69 Å². The summed E-state index contributed by atoms with van der Waals surface area (Å²) in [5.74, 6) is -1.32. The van der Waals surface area contributed by atoms with Gasteiger partial charge in [0.05, 0.1) is 23.3 Å². The van der Waals surface area contributed by atoms with Crippen molar-refractivity contribution in [2.24, 2.45) is 0 Å². The SMILES string of the molecule is COC(=O)c1ccc(/C=C2\SC(=S)N(c3ccccc3F)C2=O)cc1. The Hall–Kier alpha value is -2.51. The third kappa shape index (κ3) is 3.47. The Morgan fingerprint density at radius 2 is 1.88 bits per heavy atom. The Balaban J connectivity index is 1.88. The highest BCUT2D eigenvalue weighted by Crippen LogP contribution is 2.36. The first-order chi connectivity index (χ1) is 12.0. The Morgan fingerprint density at radius 3 is 2.52 bits per heavy atom. The number of benzene rings is 2. The second-order valence-corrected chi connectivity index (χ2v) is 6.76. The van der Waals surface area contributed by atoms with Gasteiger partial charge >= 0.3 is 5.97 Å². The van der Waals surface area contributed by atoms with Crippen LogP contribution in [0.3, 0.4) is 0 Å². The lowest BCUT2D eigenvalue weighted by molar-refractivity contribution is -0.113. The molecule has 25 heavy (non-hydrogen) atoms. The maximum atomic E-state index is 14.0. The summed E-state index contributed by atoms with van der Waals surface area (Å²) in [7, 11) is 1.31. The summed E-state index contributed by atoms with van der Waals surface area (Å²) >= 11 is 6.33. The molecule has 0 radical (unpaired) electrons. The zero-order valence-electron chi connectivity index (χ0n) is 13.1. The number of hydrogen-bond acceptors (Lipinski definition) is 5. The number of ether oxygens (including phenoxy) is 1. The number of methoxy groups -OCH3 is 1. The van der Waals surface area contributed by atoms with Gasteiger partial charge in [0.1, 0.15) is 5.82 Å². The average molecular weight is 373 g/mol. The molecule has 0 aliphatic carbocycles. The molecule has 3 rings (SSSR count). The molecule has 4 nitrogen and oxygen atoms in total. The van der Waals surface area contributed by atoms with Crippen LogP contribution in [0.1, 0.15) is 15.9 Å². The molecule has 2 aromatic carbocycles. The van der Waals surface area contributed by atoms with Gasteiger partial charge in [-0.1, -0.05) is 48.2 Å². The molecule has 1 aliphatic heterocycles. The quantitative estimate of drug-likeness (QED) is 0.462. The molecule has 1 aliphatic rings. The molecule has 2 aromatic rings. The van der Waals surface area contributed by atoms with Crippen molar-refractivity contribution in [3.05, 3.63) is 70.4 Å². The number of carbonyl (C=O) groups is 2. The van der Waals surface area contributed by atoms with E-state index in [4.69, 9.17) is 12.2 Å². The molecular formula is C18H12FNO3S2. The molecule has 0 atom stereocenters. The molecule has 1 heterocycles. The molecule has 0 spiro atoms. The predicted molar refractivity (Wildman–Crippen MR) is 99.8 cm³/mol. The molecule has 0 unspecified atom stereocenters. The van der Waals surface area contributed by atoms with E-state index in [9.17, 15) is 14.0 Å². The van der Waals surface area contributed by atoms with E-state index in [0.717, 1.165) is 17.3 Å². The Bertz CT molecular complexity index is 893. The first kappa shape index (κ1) is 17.3. The summed E-state index contributed by atoms with van der Waals surface area (Å²) in [6.07, 6.45) is 1.65. The van der Waals surface area contributed by atoms with E-state index in [2.05, 4.69) is 4.74 Å². The Kier molecular flexibility index (Phi) is 4.96. The first-order valence-electron chi connectivity index (χ1n) is 7.22. The second-order valence-electron chi connectivity index (χ2n) is 5.08. The molecule has 1 fully saturated rings. The minimum absolute atomic E-state index is 0.134. The summed E-state index contributed by atoms with van der Waals surface area (Å²) in [6, 6.07) is 12.6. The van der Waals surface area contributed by atoms with E-state index < -0.39 is 11.8 Å². The van der Waals surface area contributed by atoms with Gasteiger partial charge in [0.25, 0.3) is 5.91 Å². The molecular weight excluding hydrogens is 361 g/mol. The number of anilines is 1. The van der Waals surface area contributed by atoms with E-state index in [1.165, 1.54) is 24.1 Å². The summed E-state index contributed by atoms with van der Waals surface area (Å²) in [4.78, 5) is 25.6. The fraction of sp³-hybridized carbons (Fsp3) is 0.0556. The molecule has 1 amide bonds. The molecule has 1 saturated heterocycles. The molecule has 0 N–H and O–H groups in total. The first-order valence-corrected chi connectivity index (χ1v) is 8.44. The van der Waals surface area contributed by atoms with Gasteiger partial charge in [0, 0.05) is 0 Å². The summed E-state index contributed by atoms with van der Waals surface area (Å²) in [5.41, 5.74) is 1.27. The number of nitrogens with zero attached hydrogens (tertiary/aromatic N) is 1. The summed E-state index contributed by atoms with van der Waals surface area (Å²) in [6.45, 7) is 0. The van der Waals surface area contributed by atoms with Crippen molar-refractivity contribution in [1.82, 2.24) is 0 Å². The highest BCUT2D eigenvalue weighted by Gasteiger charge is 2.34. The number of thiocarbonyl (C=S) groups is 1. The van der Waals surface area contributed by atoms with Crippen LogP contribution in [-0.2, 0) is 9.53 Å². The van der Waals surface area contributed by atoms with E-state index >= 15 is 0 Å². The van der Waals surface area contributed by atoms with Crippen LogP contribution in [0.2, 0.25) is 0 Å². The molecule has 0 saturated carbocycles. The van der Waals surface area contributed by atoms with Crippen LogP contribution in [0.5, 0.6) is 0 Å². The van der Waals surface area contributed by atoms with E-state index in [1.54, 1.807) is 42.5 Å². The number of thioether (sulfide) groups is 1. The number of hydrogen-bond donors (Lipinski definition) is 0. The number of rotatable bonds is 3. The minimum atomic E-state index is -0.512. The largest absolute Gasteiger partial charge is 0.465 e. The van der Waals surface area contributed by atoms with Crippen molar-refractivity contribution in [2.75, 3.05) is 12.0 Å². The number of esters is 1. The lowest BCUT2D eigenvalue weighted by Gasteiger charge is -2.14. The lowest BCUT2D eigenvalue weighted by atomic mass is 10.1. The minimum Gasteiger partial charge on any atom is -0.465 e. The number of para-hydroxylation sites is 1. The second kappa shape index (κ2) is 7.16. The van der Waals surface area contributed by atoms with Crippen molar-refractivity contribution < 1.29 is 18.7 Å². The summed E-state index contributed by atoms with van der Waals surface area (Å²) in [5, 5.41) is 0. The monoisotopic (exact) mass is 373 g/mol. The van der Waals surface area contributed by atoms with Crippen LogP contribution in [0.15, 0.2) is 53.4 Å². The molecule has 0 bridgehead atoms. The van der Waals surface area contributed by atoms with E-state index in [0.29, 0.717) is 10.5 Å². The van der Waals surface area contributed by atoms with Crippen molar-refractivity contribution in [2.45, 2.75) is 0 Å². The zero-order chi connectivity index (χ0) is 18.0. The molecule has 7 heteroatoms. The standard InChI is InChI=1S/C18H12FNO3S2/c1-23-17(22)12-8-6-11(7-9-12)10-15-16(21)20(18(24)25-15)14-5-3-2-4-13(14)19/h2-10H,1H3/b15-10-. The van der Waals surface area contributed by atoms with Crippen molar-refractivity contribution in [3.8, 4) is 0 Å². The number of halogens is 1. The predicted octanol–water partition coefficient (Wildman–Crippen LogP) is 4.02. The van der Waals surface area contributed by atoms with Gasteiger partial charge in [-0.25, -0.2) is 9.18 Å². The maximum absolute atomic E-state index is 14.0. The third-order valence-electron chi connectivity index (χ3n) is 3.52. The fourth-order valence-corrected chi connectivity index (χ4v) is 3.58. The van der Waals surface area contributed by atoms with Crippen LogP contribution < -0.4 is 4.90 Å². The van der Waals surface area contributed by atoms with Gasteiger partial charge in [-0.05, 0) is 35.9 Å².